The van der Waals surface area contributed by atoms with Crippen molar-refractivity contribution in [2.45, 2.75) is 11.4 Å². The highest BCUT2D eigenvalue weighted by Crippen LogP contribution is 2.32. The molecule has 0 saturated carbocycles. The molecule has 0 radical (unpaired) electrons. The maximum absolute atomic E-state index is 13.6. The van der Waals surface area contributed by atoms with Gasteiger partial charge in [-0.05, 0) is 23.8 Å². The van der Waals surface area contributed by atoms with Crippen LogP contribution in [0.3, 0.4) is 0 Å². The van der Waals surface area contributed by atoms with Crippen LogP contribution in [0.15, 0.2) is 47.6 Å². The molecule has 0 amide bonds. The van der Waals surface area contributed by atoms with Gasteiger partial charge < -0.3 is 4.90 Å². The van der Waals surface area contributed by atoms with Crippen LogP contribution >= 0.6 is 31.9 Å². The Morgan fingerprint density at radius 2 is 1.66 bits per heavy atom. The summed E-state index contributed by atoms with van der Waals surface area (Å²) in [7, 11) is -3.91. The van der Waals surface area contributed by atoms with Gasteiger partial charge in [-0.15, -0.1) is 0 Å². The van der Waals surface area contributed by atoms with Gasteiger partial charge in [0.05, 0.1) is 10.6 Å². The van der Waals surface area contributed by atoms with Crippen LogP contribution < -0.4 is 4.90 Å². The van der Waals surface area contributed by atoms with Gasteiger partial charge in [0.1, 0.15) is 4.90 Å². The molecule has 1 saturated heterocycles. The van der Waals surface area contributed by atoms with Crippen LogP contribution in [0, 0.1) is 10.1 Å². The van der Waals surface area contributed by atoms with E-state index < -0.39 is 14.9 Å². The van der Waals surface area contributed by atoms with E-state index in [0.29, 0.717) is 55.6 Å². The molecule has 2 aromatic rings. The summed E-state index contributed by atoms with van der Waals surface area (Å²) >= 11 is 6.81. The fraction of sp³-hybridized carbons (Fsp3) is 0.450. The largest absolute Gasteiger partial charge is 0.369 e. The first-order valence-corrected chi connectivity index (χ1v) is 13.8. The first-order chi connectivity index (χ1) is 15.4. The third-order valence-electron chi connectivity index (χ3n) is 5.31. The van der Waals surface area contributed by atoms with Crippen LogP contribution in [-0.4, -0.2) is 77.5 Å². The molecule has 1 aromatic heterocycles. The zero-order valence-electron chi connectivity index (χ0n) is 17.4. The quantitative estimate of drug-likeness (QED) is 0.238. The van der Waals surface area contributed by atoms with Gasteiger partial charge in [0.15, 0.2) is 0 Å². The SMILES string of the molecule is O=[N+]([O-])c1ccc(N(CCBr)CCBr)c(S(=O)(=O)N2CCN(Cc3ccncc3)CC2)c1. The number of non-ortho nitro benzene ring substituents is 1. The van der Waals surface area contributed by atoms with Crippen LogP contribution in [0.5, 0.6) is 0 Å². The maximum atomic E-state index is 13.6. The lowest BCUT2D eigenvalue weighted by atomic mass is 10.2. The molecule has 0 unspecified atom stereocenters. The van der Waals surface area contributed by atoms with Crippen molar-refractivity contribution in [2.75, 3.05) is 54.8 Å². The van der Waals surface area contributed by atoms with E-state index in [1.54, 1.807) is 12.4 Å². The van der Waals surface area contributed by atoms with Crippen molar-refractivity contribution in [2.24, 2.45) is 0 Å². The molecule has 0 N–H and O–H groups in total. The van der Waals surface area contributed by atoms with Crippen molar-refractivity contribution < 1.29 is 13.3 Å². The molecular formula is C20H25Br2N5O4S. The summed E-state index contributed by atoms with van der Waals surface area (Å²) < 4.78 is 28.6. The number of benzene rings is 1. The zero-order chi connectivity index (χ0) is 23.1. The Morgan fingerprint density at radius 1 is 1.03 bits per heavy atom. The number of anilines is 1. The monoisotopic (exact) mass is 589 g/mol. The number of piperazine rings is 1. The standard InChI is InChI=1S/C20H25Br2N5O4S/c21-5-9-25(10-6-22)19-2-1-18(27(28)29)15-20(19)32(30,31)26-13-11-24(12-14-26)16-17-3-7-23-8-4-17/h1-4,7-8,15H,5-6,9-14,16H2. The molecule has 1 fully saturated rings. The number of hydrogen-bond donors (Lipinski definition) is 0. The first kappa shape index (κ1) is 25.0. The lowest BCUT2D eigenvalue weighted by molar-refractivity contribution is -0.385. The number of halogens is 2. The third-order valence-corrected chi connectivity index (χ3v) is 7.95. The van der Waals surface area contributed by atoms with E-state index >= 15 is 0 Å². The molecule has 1 aliphatic rings. The average molecular weight is 591 g/mol. The smallest absolute Gasteiger partial charge is 0.270 e. The highest BCUT2D eigenvalue weighted by Gasteiger charge is 2.33. The van der Waals surface area contributed by atoms with Crippen LogP contribution in [-0.2, 0) is 16.6 Å². The van der Waals surface area contributed by atoms with Crippen LogP contribution in [0.4, 0.5) is 11.4 Å². The number of nitro groups is 1. The second-order valence-electron chi connectivity index (χ2n) is 7.31. The predicted octanol–water partition coefficient (Wildman–Crippen LogP) is 3.09. The zero-order valence-corrected chi connectivity index (χ0v) is 21.4. The van der Waals surface area contributed by atoms with E-state index in [4.69, 9.17) is 0 Å². The van der Waals surface area contributed by atoms with Gasteiger partial charge in [-0.3, -0.25) is 20.0 Å². The molecule has 9 nitrogen and oxygen atoms in total. The Morgan fingerprint density at radius 3 is 2.22 bits per heavy atom. The van der Waals surface area contributed by atoms with Crippen molar-refractivity contribution in [3.63, 3.8) is 0 Å². The van der Waals surface area contributed by atoms with Gasteiger partial charge in [0, 0.05) is 81.0 Å². The van der Waals surface area contributed by atoms with Crippen molar-refractivity contribution in [1.29, 1.82) is 0 Å². The fourth-order valence-corrected chi connectivity index (χ4v) is 6.16. The van der Waals surface area contributed by atoms with Crippen LogP contribution in [0.2, 0.25) is 0 Å². The Labute approximate surface area is 204 Å². The second-order valence-corrected chi connectivity index (χ2v) is 10.8. The van der Waals surface area contributed by atoms with E-state index in [2.05, 4.69) is 41.7 Å². The van der Waals surface area contributed by atoms with Crippen LogP contribution in [0.25, 0.3) is 0 Å². The molecule has 2 heterocycles. The number of nitrogens with zero attached hydrogens (tertiary/aromatic N) is 5. The first-order valence-electron chi connectivity index (χ1n) is 10.1. The molecular weight excluding hydrogens is 566 g/mol. The summed E-state index contributed by atoms with van der Waals surface area (Å²) in [6.07, 6.45) is 3.48. The lowest BCUT2D eigenvalue weighted by Crippen LogP contribution is -2.48. The summed E-state index contributed by atoms with van der Waals surface area (Å²) in [4.78, 5) is 18.9. The van der Waals surface area contributed by atoms with Gasteiger partial charge in [-0.2, -0.15) is 4.31 Å². The van der Waals surface area contributed by atoms with Gasteiger partial charge in [-0.1, -0.05) is 31.9 Å². The summed E-state index contributed by atoms with van der Waals surface area (Å²) in [5.41, 5.74) is 1.37. The molecule has 0 bridgehead atoms. The number of nitro benzene ring substituents is 1. The number of alkyl halides is 2. The molecule has 1 aromatic carbocycles. The molecule has 3 rings (SSSR count). The summed E-state index contributed by atoms with van der Waals surface area (Å²) in [5.74, 6) is 0. The van der Waals surface area contributed by atoms with E-state index in [-0.39, 0.29) is 10.6 Å². The minimum absolute atomic E-state index is 0.0174. The molecule has 32 heavy (non-hydrogen) atoms. The molecule has 174 valence electrons. The normalized spacial score (nSPS) is 15.6. The fourth-order valence-electron chi connectivity index (χ4n) is 3.65. The summed E-state index contributed by atoms with van der Waals surface area (Å²) in [5, 5.41) is 12.6. The van der Waals surface area contributed by atoms with E-state index in [0.717, 1.165) is 12.1 Å². The van der Waals surface area contributed by atoms with Gasteiger partial charge in [0.2, 0.25) is 10.0 Å². The molecule has 0 atom stereocenters. The van der Waals surface area contributed by atoms with E-state index in [1.807, 2.05) is 17.0 Å². The number of rotatable bonds is 10. The Hall–Kier alpha value is -1.60. The third kappa shape index (κ3) is 6.04. The van der Waals surface area contributed by atoms with Crippen molar-refractivity contribution in [1.82, 2.24) is 14.2 Å². The van der Waals surface area contributed by atoms with E-state index in [1.165, 1.54) is 22.5 Å². The van der Waals surface area contributed by atoms with Crippen LogP contribution in [0.1, 0.15) is 5.56 Å². The number of hydrogen-bond acceptors (Lipinski definition) is 7. The van der Waals surface area contributed by atoms with Gasteiger partial charge in [-0.25, -0.2) is 8.42 Å². The minimum Gasteiger partial charge on any atom is -0.369 e. The highest BCUT2D eigenvalue weighted by atomic mass is 79.9. The maximum Gasteiger partial charge on any atom is 0.270 e. The topological polar surface area (TPSA) is 99.9 Å². The van der Waals surface area contributed by atoms with Crippen molar-refractivity contribution >= 4 is 53.3 Å². The Balaban J connectivity index is 1.85. The number of aromatic nitrogens is 1. The molecule has 0 spiro atoms. The average Bonchev–Trinajstić information content (AvgIpc) is 2.79. The molecule has 0 aliphatic carbocycles. The molecule has 1 aliphatic heterocycles. The summed E-state index contributed by atoms with van der Waals surface area (Å²) in [6, 6.07) is 7.97. The van der Waals surface area contributed by atoms with Crippen molar-refractivity contribution in [3.05, 3.63) is 58.4 Å². The Kier molecular flexibility index (Phi) is 9.00. The number of sulfonamides is 1. The van der Waals surface area contributed by atoms with E-state index in [9.17, 15) is 18.5 Å². The van der Waals surface area contributed by atoms with Crippen molar-refractivity contribution in [3.8, 4) is 0 Å². The highest BCUT2D eigenvalue weighted by molar-refractivity contribution is 9.09. The predicted molar refractivity (Wildman–Crippen MR) is 131 cm³/mol. The molecule has 12 heteroatoms. The summed E-state index contributed by atoms with van der Waals surface area (Å²) in [6.45, 7) is 3.69. The van der Waals surface area contributed by atoms with Gasteiger partial charge >= 0.3 is 0 Å². The van der Waals surface area contributed by atoms with Gasteiger partial charge in [0.25, 0.3) is 5.69 Å². The minimum atomic E-state index is -3.91. The Bertz CT molecular complexity index is 1010. The lowest BCUT2D eigenvalue weighted by Gasteiger charge is -2.35. The second kappa shape index (κ2) is 11.5. The number of pyridine rings is 1.